The third-order valence-electron chi connectivity index (χ3n) is 5.06. The standard InChI is InChI=1S/C19H28N6O4/c1-4-5-24-18(28)15(21-19(24)29)9-16(26)20-10-13-8-14-11-23(17(27)12(2)3)6-7-25(14)22-13/h8,12,15H,4-7,9-11H2,1-3H3,(H,20,26)(H,21,29)/t15-/m0/s1. The van der Waals surface area contributed by atoms with Gasteiger partial charge in [0.25, 0.3) is 5.91 Å². The van der Waals surface area contributed by atoms with E-state index < -0.39 is 12.1 Å². The summed E-state index contributed by atoms with van der Waals surface area (Å²) >= 11 is 0. The van der Waals surface area contributed by atoms with Gasteiger partial charge in [0.1, 0.15) is 6.04 Å². The van der Waals surface area contributed by atoms with Crippen LogP contribution in [0, 0.1) is 5.92 Å². The van der Waals surface area contributed by atoms with Crippen LogP contribution >= 0.6 is 0 Å². The average Bonchev–Trinajstić information content (AvgIpc) is 3.21. The predicted molar refractivity (Wildman–Crippen MR) is 103 cm³/mol. The second kappa shape index (κ2) is 8.62. The van der Waals surface area contributed by atoms with E-state index in [2.05, 4.69) is 15.7 Å². The molecule has 0 saturated carbocycles. The molecule has 29 heavy (non-hydrogen) atoms. The van der Waals surface area contributed by atoms with Crippen LogP contribution in [0.5, 0.6) is 0 Å². The van der Waals surface area contributed by atoms with Crippen molar-refractivity contribution >= 4 is 23.8 Å². The van der Waals surface area contributed by atoms with Gasteiger partial charge in [-0.3, -0.25) is 24.0 Å². The summed E-state index contributed by atoms with van der Waals surface area (Å²) in [7, 11) is 0. The van der Waals surface area contributed by atoms with Gasteiger partial charge in [-0.1, -0.05) is 20.8 Å². The summed E-state index contributed by atoms with van der Waals surface area (Å²) in [6.07, 6.45) is 0.568. The molecule has 10 heteroatoms. The molecule has 2 aliphatic rings. The third-order valence-corrected chi connectivity index (χ3v) is 5.06. The monoisotopic (exact) mass is 404 g/mol. The van der Waals surface area contributed by atoms with Crippen molar-refractivity contribution in [1.82, 2.24) is 30.2 Å². The number of rotatable bonds is 7. The maximum atomic E-state index is 12.2. The van der Waals surface area contributed by atoms with E-state index in [1.165, 1.54) is 0 Å². The molecule has 3 rings (SSSR count). The van der Waals surface area contributed by atoms with Gasteiger partial charge >= 0.3 is 6.03 Å². The molecule has 1 saturated heterocycles. The quantitative estimate of drug-likeness (QED) is 0.631. The Morgan fingerprint density at radius 1 is 1.31 bits per heavy atom. The van der Waals surface area contributed by atoms with Gasteiger partial charge in [-0.25, -0.2) is 4.79 Å². The fraction of sp³-hybridized carbons (Fsp3) is 0.632. The number of hydrogen-bond donors (Lipinski definition) is 2. The Labute approximate surface area is 169 Å². The lowest BCUT2D eigenvalue weighted by atomic mass is 10.1. The molecule has 10 nitrogen and oxygen atoms in total. The van der Waals surface area contributed by atoms with Crippen molar-refractivity contribution in [3.8, 4) is 0 Å². The highest BCUT2D eigenvalue weighted by molar-refractivity contribution is 6.05. The van der Waals surface area contributed by atoms with E-state index >= 15 is 0 Å². The molecule has 1 aromatic rings. The highest BCUT2D eigenvalue weighted by Gasteiger charge is 2.38. The van der Waals surface area contributed by atoms with Crippen LogP contribution in [0.3, 0.4) is 0 Å². The van der Waals surface area contributed by atoms with E-state index in [1.54, 1.807) is 0 Å². The van der Waals surface area contributed by atoms with Crippen molar-refractivity contribution in [1.29, 1.82) is 0 Å². The summed E-state index contributed by atoms with van der Waals surface area (Å²) in [5, 5.41) is 9.78. The molecule has 0 aliphatic carbocycles. The average molecular weight is 404 g/mol. The van der Waals surface area contributed by atoms with E-state index in [-0.39, 0.29) is 36.6 Å². The molecule has 1 aromatic heterocycles. The van der Waals surface area contributed by atoms with Crippen LogP contribution in [0.15, 0.2) is 6.07 Å². The zero-order valence-corrected chi connectivity index (χ0v) is 17.1. The van der Waals surface area contributed by atoms with Crippen molar-refractivity contribution in [2.75, 3.05) is 13.1 Å². The molecule has 0 radical (unpaired) electrons. The first kappa shape index (κ1) is 20.8. The minimum Gasteiger partial charge on any atom is -0.350 e. The number of imide groups is 1. The van der Waals surface area contributed by atoms with E-state index in [0.29, 0.717) is 38.3 Å². The zero-order valence-electron chi connectivity index (χ0n) is 17.1. The maximum Gasteiger partial charge on any atom is 0.324 e. The molecule has 1 atom stereocenters. The largest absolute Gasteiger partial charge is 0.350 e. The number of carbonyl (C=O) groups is 4. The maximum absolute atomic E-state index is 12.2. The van der Waals surface area contributed by atoms with Gasteiger partial charge < -0.3 is 15.5 Å². The zero-order chi connectivity index (χ0) is 21.1. The molecular formula is C19H28N6O4. The Hall–Kier alpha value is -2.91. The number of urea groups is 1. The smallest absolute Gasteiger partial charge is 0.324 e. The lowest BCUT2D eigenvalue weighted by Gasteiger charge is -2.29. The molecule has 2 aliphatic heterocycles. The SMILES string of the molecule is CCCN1C(=O)N[C@@H](CC(=O)NCc2cc3n(n2)CCN(C(=O)C(C)C)C3)C1=O. The van der Waals surface area contributed by atoms with Gasteiger partial charge in [-0.15, -0.1) is 0 Å². The number of nitrogens with zero attached hydrogens (tertiary/aromatic N) is 4. The molecule has 0 spiro atoms. The fourth-order valence-electron chi connectivity index (χ4n) is 3.56. The highest BCUT2D eigenvalue weighted by atomic mass is 16.2. The summed E-state index contributed by atoms with van der Waals surface area (Å²) in [5.41, 5.74) is 1.63. The van der Waals surface area contributed by atoms with Crippen molar-refractivity contribution < 1.29 is 19.2 Å². The van der Waals surface area contributed by atoms with Crippen molar-refractivity contribution in [3.63, 3.8) is 0 Å². The van der Waals surface area contributed by atoms with Crippen molar-refractivity contribution in [2.24, 2.45) is 5.92 Å². The van der Waals surface area contributed by atoms with Gasteiger partial charge in [-0.2, -0.15) is 5.10 Å². The van der Waals surface area contributed by atoms with E-state index in [9.17, 15) is 19.2 Å². The molecule has 0 aromatic carbocycles. The van der Waals surface area contributed by atoms with Crippen LogP contribution < -0.4 is 10.6 Å². The van der Waals surface area contributed by atoms with E-state index in [1.807, 2.05) is 36.4 Å². The topological polar surface area (TPSA) is 117 Å². The van der Waals surface area contributed by atoms with Gasteiger partial charge in [0, 0.05) is 19.0 Å². The minimum atomic E-state index is -0.820. The first-order valence-electron chi connectivity index (χ1n) is 10.0. The van der Waals surface area contributed by atoms with Crippen molar-refractivity contribution in [3.05, 3.63) is 17.5 Å². The van der Waals surface area contributed by atoms with Crippen LogP contribution in [-0.4, -0.2) is 62.5 Å². The molecular weight excluding hydrogens is 376 g/mol. The number of amides is 5. The Kier molecular flexibility index (Phi) is 6.19. The number of nitrogens with one attached hydrogen (secondary N) is 2. The Morgan fingerprint density at radius 3 is 2.76 bits per heavy atom. The van der Waals surface area contributed by atoms with Crippen LogP contribution in [0.25, 0.3) is 0 Å². The summed E-state index contributed by atoms with van der Waals surface area (Å²) in [5.74, 6) is -0.619. The Balaban J connectivity index is 1.51. The number of hydrogen-bond acceptors (Lipinski definition) is 5. The molecule has 1 fully saturated rings. The van der Waals surface area contributed by atoms with Gasteiger partial charge in [0.05, 0.1) is 37.4 Å². The second-order valence-corrected chi connectivity index (χ2v) is 7.74. The third kappa shape index (κ3) is 4.57. The molecule has 0 unspecified atom stereocenters. The normalized spacial score (nSPS) is 18.8. The van der Waals surface area contributed by atoms with Gasteiger partial charge in [-0.05, 0) is 12.5 Å². The Morgan fingerprint density at radius 2 is 2.07 bits per heavy atom. The molecule has 158 valence electrons. The highest BCUT2D eigenvalue weighted by Crippen LogP contribution is 2.16. The fourth-order valence-corrected chi connectivity index (χ4v) is 3.56. The van der Waals surface area contributed by atoms with E-state index in [4.69, 9.17) is 0 Å². The second-order valence-electron chi connectivity index (χ2n) is 7.74. The number of fused-ring (bicyclic) bond motifs is 1. The molecule has 3 heterocycles. The molecule has 5 amide bonds. The van der Waals surface area contributed by atoms with E-state index in [0.717, 1.165) is 10.6 Å². The Bertz CT molecular complexity index is 818. The number of carbonyl (C=O) groups excluding carboxylic acids is 4. The summed E-state index contributed by atoms with van der Waals surface area (Å²) in [4.78, 5) is 51.4. The minimum absolute atomic E-state index is 0.0460. The first-order chi connectivity index (χ1) is 13.8. The lowest BCUT2D eigenvalue weighted by molar-refractivity contribution is -0.136. The number of aromatic nitrogens is 2. The van der Waals surface area contributed by atoms with Gasteiger partial charge in [0.15, 0.2) is 0 Å². The van der Waals surface area contributed by atoms with Crippen LogP contribution in [0.2, 0.25) is 0 Å². The summed E-state index contributed by atoms with van der Waals surface area (Å²) in [6.45, 7) is 7.97. The van der Waals surface area contributed by atoms with Crippen LogP contribution in [0.1, 0.15) is 45.0 Å². The predicted octanol–water partition coefficient (Wildman–Crippen LogP) is 0.218. The first-order valence-corrected chi connectivity index (χ1v) is 10.0. The van der Waals surface area contributed by atoms with Crippen LogP contribution in [0.4, 0.5) is 4.79 Å². The summed E-state index contributed by atoms with van der Waals surface area (Å²) < 4.78 is 1.86. The van der Waals surface area contributed by atoms with Gasteiger partial charge in [0.2, 0.25) is 11.8 Å². The summed E-state index contributed by atoms with van der Waals surface area (Å²) in [6, 6.07) is 0.614. The molecule has 0 bridgehead atoms. The molecule has 2 N–H and O–H groups in total. The lowest BCUT2D eigenvalue weighted by Crippen LogP contribution is -2.40. The van der Waals surface area contributed by atoms with Crippen molar-refractivity contribution in [2.45, 2.75) is 59.3 Å². The van der Waals surface area contributed by atoms with Crippen LogP contribution in [-0.2, 0) is 34.0 Å².